The van der Waals surface area contributed by atoms with E-state index in [0.717, 1.165) is 21.3 Å². The maximum Gasteiger partial charge on any atom is 0.260 e. The van der Waals surface area contributed by atoms with Crippen LogP contribution >= 0.6 is 11.3 Å². The van der Waals surface area contributed by atoms with Crippen molar-refractivity contribution in [1.82, 2.24) is 4.98 Å². The normalized spacial score (nSPS) is 10.9. The van der Waals surface area contributed by atoms with Gasteiger partial charge < -0.3 is 13.9 Å². The Balaban J connectivity index is 1.81. The lowest BCUT2D eigenvalue weighted by Gasteiger charge is -2.19. The van der Waals surface area contributed by atoms with E-state index in [0.29, 0.717) is 28.0 Å². The molecule has 0 fully saturated rings. The topological polar surface area (TPSA) is 64.8 Å². The molecule has 4 rings (SSSR count). The number of thiazole rings is 1. The summed E-state index contributed by atoms with van der Waals surface area (Å²) in [6, 6.07) is 12.9. The van der Waals surface area contributed by atoms with Gasteiger partial charge >= 0.3 is 0 Å². The molecule has 0 unspecified atom stereocenters. The molecule has 0 radical (unpaired) electrons. The molecule has 0 spiro atoms. The number of nitrogens with zero attached hydrogens (tertiary/aromatic N) is 2. The van der Waals surface area contributed by atoms with Crippen LogP contribution in [0.1, 0.15) is 27.2 Å². The molecule has 154 valence electrons. The molecule has 0 N–H and O–H groups in total. The van der Waals surface area contributed by atoms with Crippen molar-refractivity contribution in [2.24, 2.45) is 0 Å². The van der Waals surface area contributed by atoms with Gasteiger partial charge in [-0.25, -0.2) is 4.98 Å². The van der Waals surface area contributed by atoms with Gasteiger partial charge in [0, 0.05) is 11.6 Å². The fourth-order valence-corrected chi connectivity index (χ4v) is 4.37. The van der Waals surface area contributed by atoms with E-state index >= 15 is 0 Å². The van der Waals surface area contributed by atoms with Gasteiger partial charge in [0.25, 0.3) is 5.91 Å². The van der Waals surface area contributed by atoms with Gasteiger partial charge in [0.2, 0.25) is 0 Å². The van der Waals surface area contributed by atoms with E-state index in [1.54, 1.807) is 49.6 Å². The molecular formula is C23H22N2O4S. The number of fused-ring (bicyclic) bond motifs is 1. The minimum absolute atomic E-state index is 0.211. The van der Waals surface area contributed by atoms with Gasteiger partial charge in [-0.1, -0.05) is 17.4 Å². The standard InChI is InChI=1S/C23H22N2O4S/c1-14-8-15(2)21-20(9-14)24-23(30-21)25(13-17-6-5-7-29-17)22(26)16-10-18(27-3)12-19(11-16)28-4/h5-12H,13H2,1-4H3. The van der Waals surface area contributed by atoms with Crippen LogP contribution in [-0.2, 0) is 6.54 Å². The summed E-state index contributed by atoms with van der Waals surface area (Å²) in [5.74, 6) is 1.56. The summed E-state index contributed by atoms with van der Waals surface area (Å²) >= 11 is 1.50. The number of methoxy groups -OCH3 is 2. The second kappa shape index (κ2) is 8.20. The molecule has 4 aromatic rings. The average molecular weight is 423 g/mol. The number of amides is 1. The molecule has 0 bridgehead atoms. The first kappa shape index (κ1) is 20.0. The lowest BCUT2D eigenvalue weighted by molar-refractivity contribution is 0.0982. The number of hydrogen-bond acceptors (Lipinski definition) is 6. The Labute approximate surface area is 178 Å². The van der Waals surface area contributed by atoms with E-state index in [-0.39, 0.29) is 12.5 Å². The van der Waals surface area contributed by atoms with Crippen LogP contribution in [-0.4, -0.2) is 25.1 Å². The first-order valence-electron chi connectivity index (χ1n) is 9.43. The summed E-state index contributed by atoms with van der Waals surface area (Å²) < 4.78 is 17.2. The number of anilines is 1. The summed E-state index contributed by atoms with van der Waals surface area (Å²) in [5, 5.41) is 0.613. The molecule has 2 aromatic carbocycles. The van der Waals surface area contributed by atoms with Gasteiger partial charge in [0.15, 0.2) is 5.13 Å². The molecule has 30 heavy (non-hydrogen) atoms. The van der Waals surface area contributed by atoms with Crippen molar-refractivity contribution < 1.29 is 18.7 Å². The third-order valence-corrected chi connectivity index (χ3v) is 6.01. The second-order valence-corrected chi connectivity index (χ2v) is 7.98. The maximum absolute atomic E-state index is 13.6. The van der Waals surface area contributed by atoms with Gasteiger partial charge in [-0.05, 0) is 55.3 Å². The summed E-state index contributed by atoms with van der Waals surface area (Å²) in [7, 11) is 3.12. The highest BCUT2D eigenvalue weighted by Gasteiger charge is 2.24. The number of hydrogen-bond donors (Lipinski definition) is 0. The third kappa shape index (κ3) is 3.89. The number of carbonyl (C=O) groups is 1. The first-order chi connectivity index (χ1) is 14.5. The second-order valence-electron chi connectivity index (χ2n) is 7.00. The van der Waals surface area contributed by atoms with Crippen molar-refractivity contribution in [3.8, 4) is 11.5 Å². The van der Waals surface area contributed by atoms with Crippen LogP contribution in [0.2, 0.25) is 0 Å². The van der Waals surface area contributed by atoms with E-state index in [4.69, 9.17) is 18.9 Å². The highest BCUT2D eigenvalue weighted by Crippen LogP contribution is 2.34. The number of carbonyl (C=O) groups excluding carboxylic acids is 1. The van der Waals surface area contributed by atoms with Crippen LogP contribution in [0, 0.1) is 13.8 Å². The molecule has 1 amide bonds. The third-order valence-electron chi connectivity index (χ3n) is 4.78. The molecule has 2 aromatic heterocycles. The fourth-order valence-electron chi connectivity index (χ4n) is 3.35. The average Bonchev–Trinajstić information content (AvgIpc) is 3.40. The Morgan fingerprint density at radius 3 is 2.47 bits per heavy atom. The van der Waals surface area contributed by atoms with Crippen LogP contribution in [0.5, 0.6) is 11.5 Å². The Bertz CT molecular complexity index is 1180. The predicted molar refractivity (Wildman–Crippen MR) is 118 cm³/mol. The number of benzene rings is 2. The Morgan fingerprint density at radius 2 is 1.83 bits per heavy atom. The maximum atomic E-state index is 13.6. The van der Waals surface area contributed by atoms with Crippen LogP contribution in [0.25, 0.3) is 10.2 Å². The van der Waals surface area contributed by atoms with E-state index in [2.05, 4.69) is 13.0 Å². The summed E-state index contributed by atoms with van der Waals surface area (Å²) in [6.45, 7) is 4.37. The molecule has 0 atom stereocenters. The molecule has 6 nitrogen and oxygen atoms in total. The molecule has 0 saturated heterocycles. The highest BCUT2D eigenvalue weighted by atomic mass is 32.1. The van der Waals surface area contributed by atoms with Crippen molar-refractivity contribution in [3.05, 3.63) is 71.2 Å². The highest BCUT2D eigenvalue weighted by molar-refractivity contribution is 7.22. The van der Waals surface area contributed by atoms with Gasteiger partial charge in [-0.3, -0.25) is 9.69 Å². The summed E-state index contributed by atoms with van der Waals surface area (Å²) in [5.41, 5.74) is 3.61. The van der Waals surface area contributed by atoms with Gasteiger partial charge in [-0.2, -0.15) is 0 Å². The monoisotopic (exact) mass is 422 g/mol. The van der Waals surface area contributed by atoms with Crippen molar-refractivity contribution in [2.45, 2.75) is 20.4 Å². The molecule has 0 aliphatic rings. The molecule has 0 aliphatic heterocycles. The van der Waals surface area contributed by atoms with Crippen molar-refractivity contribution in [1.29, 1.82) is 0 Å². The van der Waals surface area contributed by atoms with Crippen LogP contribution in [0.15, 0.2) is 53.1 Å². The predicted octanol–water partition coefficient (Wildman–Crippen LogP) is 5.37. The number of furan rings is 1. The van der Waals surface area contributed by atoms with Crippen molar-refractivity contribution >= 4 is 32.6 Å². The minimum Gasteiger partial charge on any atom is -0.497 e. The van der Waals surface area contributed by atoms with Crippen molar-refractivity contribution in [3.63, 3.8) is 0 Å². The smallest absolute Gasteiger partial charge is 0.260 e. The Hall–Kier alpha value is -3.32. The van der Waals surface area contributed by atoms with Crippen LogP contribution in [0.3, 0.4) is 0 Å². The van der Waals surface area contributed by atoms with Crippen LogP contribution in [0.4, 0.5) is 5.13 Å². The Kier molecular flexibility index (Phi) is 5.46. The van der Waals surface area contributed by atoms with Crippen molar-refractivity contribution in [2.75, 3.05) is 19.1 Å². The van der Waals surface area contributed by atoms with Gasteiger partial charge in [0.1, 0.15) is 17.3 Å². The summed E-state index contributed by atoms with van der Waals surface area (Å²) in [6.07, 6.45) is 1.60. The largest absolute Gasteiger partial charge is 0.497 e. The lowest BCUT2D eigenvalue weighted by atomic mass is 10.1. The quantitative estimate of drug-likeness (QED) is 0.418. The van der Waals surface area contributed by atoms with Crippen LogP contribution < -0.4 is 14.4 Å². The Morgan fingerprint density at radius 1 is 1.10 bits per heavy atom. The zero-order chi connectivity index (χ0) is 21.3. The molecule has 2 heterocycles. The van der Waals surface area contributed by atoms with Gasteiger partial charge in [0.05, 0.1) is 37.2 Å². The first-order valence-corrected chi connectivity index (χ1v) is 10.2. The van der Waals surface area contributed by atoms with E-state index < -0.39 is 0 Å². The zero-order valence-corrected chi connectivity index (χ0v) is 18.1. The SMILES string of the molecule is COc1cc(OC)cc(C(=O)N(Cc2ccco2)c2nc3cc(C)cc(C)c3s2)c1. The molecule has 0 aliphatic carbocycles. The summed E-state index contributed by atoms with van der Waals surface area (Å²) in [4.78, 5) is 20.0. The van der Waals surface area contributed by atoms with Gasteiger partial charge in [-0.15, -0.1) is 0 Å². The number of aryl methyl sites for hydroxylation is 2. The minimum atomic E-state index is -0.211. The number of ether oxygens (including phenoxy) is 2. The lowest BCUT2D eigenvalue weighted by Crippen LogP contribution is -2.30. The molecule has 7 heteroatoms. The molecule has 0 saturated carbocycles. The number of aromatic nitrogens is 1. The molecular weight excluding hydrogens is 400 g/mol. The van der Waals surface area contributed by atoms with E-state index in [1.807, 2.05) is 19.1 Å². The zero-order valence-electron chi connectivity index (χ0n) is 17.3. The van der Waals surface area contributed by atoms with E-state index in [9.17, 15) is 4.79 Å². The van der Waals surface area contributed by atoms with E-state index in [1.165, 1.54) is 11.3 Å². The number of rotatable bonds is 6. The fraction of sp³-hybridized carbons (Fsp3) is 0.217.